The minimum Gasteiger partial charge on any atom is -0.351 e. The summed E-state index contributed by atoms with van der Waals surface area (Å²) in [6, 6.07) is 17.6. The summed E-state index contributed by atoms with van der Waals surface area (Å²) in [6.07, 6.45) is 5.07. The van der Waals surface area contributed by atoms with Crippen molar-refractivity contribution in [1.82, 2.24) is 24.2 Å². The van der Waals surface area contributed by atoms with Gasteiger partial charge >= 0.3 is 0 Å². The van der Waals surface area contributed by atoms with Gasteiger partial charge in [0.25, 0.3) is 11.8 Å². The highest BCUT2D eigenvalue weighted by Crippen LogP contribution is 2.19. The van der Waals surface area contributed by atoms with Crippen LogP contribution >= 0.6 is 0 Å². The lowest BCUT2D eigenvalue weighted by Gasteiger charge is -2.29. The van der Waals surface area contributed by atoms with Gasteiger partial charge in [0.2, 0.25) is 0 Å². The number of nitrogens with one attached hydrogen (secondary N) is 1. The fourth-order valence-electron chi connectivity index (χ4n) is 4.31. The number of pyridine rings is 1. The zero-order chi connectivity index (χ0) is 24.2. The van der Waals surface area contributed by atoms with Crippen LogP contribution in [0, 0.1) is 13.8 Å². The molecule has 34 heavy (non-hydrogen) atoms. The van der Waals surface area contributed by atoms with Crippen LogP contribution < -0.4 is 5.32 Å². The lowest BCUT2D eigenvalue weighted by molar-refractivity contribution is 0.0715. The van der Waals surface area contributed by atoms with E-state index in [-0.39, 0.29) is 17.9 Å². The summed E-state index contributed by atoms with van der Waals surface area (Å²) in [5.74, 6) is -0.198. The number of hydrogen-bond acceptors (Lipinski definition) is 3. The molecule has 4 rings (SSSR count). The third-order valence-electron chi connectivity index (χ3n) is 6.28. The molecule has 1 unspecified atom stereocenters. The maximum atomic E-state index is 13.7. The van der Waals surface area contributed by atoms with Crippen molar-refractivity contribution in [2.24, 2.45) is 7.05 Å². The van der Waals surface area contributed by atoms with Crippen molar-refractivity contribution in [3.63, 3.8) is 0 Å². The molecule has 0 saturated carbocycles. The van der Waals surface area contributed by atoms with Gasteiger partial charge in [0.15, 0.2) is 0 Å². The minimum absolute atomic E-state index is 0.0801. The number of rotatable bonds is 8. The highest BCUT2D eigenvalue weighted by molar-refractivity contribution is 5.95. The third kappa shape index (κ3) is 4.88. The van der Waals surface area contributed by atoms with Crippen molar-refractivity contribution in [3.05, 3.63) is 95.2 Å². The van der Waals surface area contributed by atoms with Crippen LogP contribution in [-0.4, -0.2) is 50.3 Å². The minimum atomic E-state index is -0.118. The average molecular weight is 458 g/mol. The summed E-state index contributed by atoms with van der Waals surface area (Å²) in [6.45, 7) is 4.34. The van der Waals surface area contributed by atoms with E-state index in [2.05, 4.69) is 22.4 Å². The van der Waals surface area contributed by atoms with Gasteiger partial charge in [-0.15, -0.1) is 0 Å². The van der Waals surface area contributed by atoms with E-state index in [1.807, 2.05) is 81.1 Å². The number of fused-ring (bicyclic) bond motifs is 1. The molecule has 0 aliphatic heterocycles. The number of imidazole rings is 1. The fraction of sp³-hybridized carbons (Fsp3) is 0.296. The average Bonchev–Trinajstić information content (AvgIpc) is 3.39. The van der Waals surface area contributed by atoms with E-state index in [9.17, 15) is 9.59 Å². The largest absolute Gasteiger partial charge is 0.351 e. The first-order valence-corrected chi connectivity index (χ1v) is 11.5. The monoisotopic (exact) mass is 457 g/mol. The number of carbonyl (C=O) groups excluding carboxylic acids is 2. The summed E-state index contributed by atoms with van der Waals surface area (Å²) < 4.78 is 3.65. The standard InChI is InChI=1S/C27H31N5O2/c1-19-13-16-32-24(17-19)29-20(2)25(32)27(34)31(4)22(18-21-9-6-5-7-10-21)12-14-28-26(33)23-11-8-15-30(23)3/h5-11,13,15-17,22H,12,14,18H2,1-4H3,(H,28,33). The SMILES string of the molecule is Cc1ccn2c(C(=O)N(C)C(CCNC(=O)c3cccn3C)Cc3ccccc3)c(C)nc2c1. The molecule has 176 valence electrons. The topological polar surface area (TPSA) is 71.6 Å². The van der Waals surface area contributed by atoms with Crippen LogP contribution in [0.5, 0.6) is 0 Å². The number of nitrogens with zero attached hydrogens (tertiary/aromatic N) is 4. The Bertz CT molecular complexity index is 1310. The molecule has 1 N–H and O–H groups in total. The second-order valence-corrected chi connectivity index (χ2v) is 8.79. The number of aryl methyl sites for hydroxylation is 3. The van der Waals surface area contributed by atoms with Crippen molar-refractivity contribution in [2.45, 2.75) is 32.7 Å². The molecule has 0 aliphatic carbocycles. The van der Waals surface area contributed by atoms with Crippen LogP contribution in [0.4, 0.5) is 0 Å². The number of carbonyl (C=O) groups is 2. The third-order valence-corrected chi connectivity index (χ3v) is 6.28. The molecule has 4 aromatic rings. The van der Waals surface area contributed by atoms with Crippen molar-refractivity contribution < 1.29 is 9.59 Å². The zero-order valence-corrected chi connectivity index (χ0v) is 20.2. The molecule has 7 heteroatoms. The van der Waals surface area contributed by atoms with E-state index in [4.69, 9.17) is 0 Å². The Morgan fingerprint density at radius 2 is 1.82 bits per heavy atom. The number of likely N-dealkylation sites (N-methyl/N-ethyl adjacent to an activating group) is 1. The van der Waals surface area contributed by atoms with Gasteiger partial charge in [0.1, 0.15) is 17.0 Å². The summed E-state index contributed by atoms with van der Waals surface area (Å²) in [4.78, 5) is 32.6. The molecule has 0 aliphatic rings. The van der Waals surface area contributed by atoms with E-state index in [0.717, 1.165) is 16.8 Å². The first-order valence-electron chi connectivity index (χ1n) is 11.5. The molecular weight excluding hydrogens is 426 g/mol. The normalized spacial score (nSPS) is 12.0. The van der Waals surface area contributed by atoms with E-state index in [1.54, 1.807) is 15.5 Å². The Morgan fingerprint density at radius 1 is 1.06 bits per heavy atom. The Labute approximate surface area is 200 Å². The molecule has 2 amide bonds. The van der Waals surface area contributed by atoms with Crippen LogP contribution in [-0.2, 0) is 13.5 Å². The second-order valence-electron chi connectivity index (χ2n) is 8.79. The molecule has 0 bridgehead atoms. The molecular formula is C27H31N5O2. The van der Waals surface area contributed by atoms with Crippen molar-refractivity contribution in [1.29, 1.82) is 0 Å². The first kappa shape index (κ1) is 23.3. The molecule has 0 radical (unpaired) electrons. The maximum Gasteiger partial charge on any atom is 0.272 e. The molecule has 3 aromatic heterocycles. The summed E-state index contributed by atoms with van der Waals surface area (Å²) in [5, 5.41) is 3.00. The zero-order valence-electron chi connectivity index (χ0n) is 20.2. The predicted molar refractivity (Wildman–Crippen MR) is 133 cm³/mol. The Hall–Kier alpha value is -3.87. The highest BCUT2D eigenvalue weighted by Gasteiger charge is 2.26. The summed E-state index contributed by atoms with van der Waals surface area (Å²) >= 11 is 0. The number of hydrogen-bond donors (Lipinski definition) is 1. The van der Waals surface area contributed by atoms with Crippen molar-refractivity contribution in [2.75, 3.05) is 13.6 Å². The molecule has 1 atom stereocenters. The van der Waals surface area contributed by atoms with Gasteiger partial charge in [0.05, 0.1) is 5.69 Å². The van der Waals surface area contributed by atoms with Gasteiger partial charge in [-0.25, -0.2) is 4.98 Å². The van der Waals surface area contributed by atoms with Crippen molar-refractivity contribution in [3.8, 4) is 0 Å². The molecule has 7 nitrogen and oxygen atoms in total. The smallest absolute Gasteiger partial charge is 0.272 e. The number of amides is 2. The first-order chi connectivity index (χ1) is 16.3. The van der Waals surface area contributed by atoms with Gasteiger partial charge in [0, 0.05) is 39.1 Å². The van der Waals surface area contributed by atoms with Crippen LogP contribution in [0.15, 0.2) is 67.0 Å². The Morgan fingerprint density at radius 3 is 2.53 bits per heavy atom. The van der Waals surface area contributed by atoms with Gasteiger partial charge in [-0.2, -0.15) is 0 Å². The van der Waals surface area contributed by atoms with Gasteiger partial charge in [-0.1, -0.05) is 30.3 Å². The fourth-order valence-corrected chi connectivity index (χ4v) is 4.31. The summed E-state index contributed by atoms with van der Waals surface area (Å²) in [5.41, 5.74) is 4.90. The van der Waals surface area contributed by atoms with Gasteiger partial charge in [-0.3, -0.25) is 14.0 Å². The molecule has 0 fully saturated rings. The van der Waals surface area contributed by atoms with Crippen LogP contribution in [0.3, 0.4) is 0 Å². The van der Waals surface area contributed by atoms with Crippen LogP contribution in [0.1, 0.15) is 44.2 Å². The quantitative estimate of drug-likeness (QED) is 0.438. The van der Waals surface area contributed by atoms with Gasteiger partial charge in [-0.05, 0) is 62.1 Å². The second kappa shape index (κ2) is 9.95. The lowest BCUT2D eigenvalue weighted by atomic mass is 10.0. The molecule has 1 aromatic carbocycles. The molecule has 3 heterocycles. The Kier molecular flexibility index (Phi) is 6.82. The van der Waals surface area contributed by atoms with Crippen molar-refractivity contribution >= 4 is 17.5 Å². The van der Waals surface area contributed by atoms with Crippen LogP contribution in [0.25, 0.3) is 5.65 Å². The van der Waals surface area contributed by atoms with E-state index >= 15 is 0 Å². The Balaban J connectivity index is 1.54. The maximum absolute atomic E-state index is 13.7. The molecule has 0 spiro atoms. The van der Waals surface area contributed by atoms with E-state index < -0.39 is 0 Å². The number of benzene rings is 1. The van der Waals surface area contributed by atoms with Gasteiger partial charge < -0.3 is 14.8 Å². The summed E-state index contributed by atoms with van der Waals surface area (Å²) in [7, 11) is 3.68. The molecule has 0 saturated heterocycles. The van der Waals surface area contributed by atoms with Crippen LogP contribution in [0.2, 0.25) is 0 Å². The number of aromatic nitrogens is 3. The van der Waals surface area contributed by atoms with E-state index in [1.165, 1.54) is 0 Å². The highest BCUT2D eigenvalue weighted by atomic mass is 16.2. The predicted octanol–water partition coefficient (Wildman–Crippen LogP) is 3.79. The van der Waals surface area contributed by atoms with E-state index in [0.29, 0.717) is 36.5 Å². The lowest BCUT2D eigenvalue weighted by Crippen LogP contribution is -2.41.